The van der Waals surface area contributed by atoms with E-state index in [1.807, 2.05) is 12.1 Å². The summed E-state index contributed by atoms with van der Waals surface area (Å²) in [5.74, 6) is 2.14. The first-order valence-electron chi connectivity index (χ1n) is 6.81. The number of hydrogen-bond acceptors (Lipinski definition) is 7. The Labute approximate surface area is 135 Å². The van der Waals surface area contributed by atoms with E-state index in [-0.39, 0.29) is 5.75 Å². The third-order valence-corrected chi connectivity index (χ3v) is 3.86. The average Bonchev–Trinajstić information content (AvgIpc) is 2.56. The van der Waals surface area contributed by atoms with E-state index in [0.29, 0.717) is 22.8 Å². The predicted molar refractivity (Wildman–Crippen MR) is 87.1 cm³/mol. The van der Waals surface area contributed by atoms with Crippen molar-refractivity contribution in [3.63, 3.8) is 0 Å². The minimum absolute atomic E-state index is 0.208. The first-order chi connectivity index (χ1) is 11.2. The first kappa shape index (κ1) is 15.2. The van der Waals surface area contributed by atoms with Crippen LogP contribution in [0.2, 0.25) is 0 Å². The van der Waals surface area contributed by atoms with Gasteiger partial charge in [0.05, 0.1) is 13.3 Å². The molecule has 2 aromatic carbocycles. The zero-order valence-corrected chi connectivity index (χ0v) is 13.2. The second-order valence-electron chi connectivity index (χ2n) is 4.83. The average molecular weight is 328 g/mol. The van der Waals surface area contributed by atoms with Crippen LogP contribution >= 0.6 is 0 Å². The van der Waals surface area contributed by atoms with Gasteiger partial charge in [0.2, 0.25) is 0 Å². The lowest BCUT2D eigenvalue weighted by molar-refractivity contribution is 0.415. The molecule has 0 atom stereocenters. The maximum absolute atomic E-state index is 10.9. The van der Waals surface area contributed by atoms with E-state index in [1.54, 1.807) is 43.6 Å². The number of nitrogens with zero attached hydrogens (tertiary/aromatic N) is 2. The van der Waals surface area contributed by atoms with Gasteiger partial charge in [-0.1, -0.05) is 23.4 Å². The summed E-state index contributed by atoms with van der Waals surface area (Å²) in [6, 6.07) is 12.6. The number of benzene rings is 2. The maximum Gasteiger partial charge on any atom is 0.156 e. The molecule has 118 valence electrons. The zero-order valence-electron chi connectivity index (χ0n) is 12.4. The Hall–Kier alpha value is -2.67. The van der Waals surface area contributed by atoms with Gasteiger partial charge in [0, 0.05) is 11.5 Å². The highest BCUT2D eigenvalue weighted by atomic mass is 32.2. The quantitative estimate of drug-likeness (QED) is 0.722. The fraction of sp³-hybridized carbons (Fsp3) is 0.125. The molecule has 0 saturated carbocycles. The van der Waals surface area contributed by atoms with Crippen molar-refractivity contribution in [3.8, 4) is 17.2 Å². The summed E-state index contributed by atoms with van der Waals surface area (Å²) in [5.41, 5.74) is 1.51. The number of rotatable bonds is 5. The Kier molecular flexibility index (Phi) is 4.38. The standard InChI is InChI=1S/C16H14N3O3S/c1-21-13-6-7-14-15(8-13)19-18-9-16(14)22-12-4-2-11(3-5-12)10-23(17)20/h2-9,17H,10H2,1H3/q-1. The first-order valence-corrected chi connectivity index (χ1v) is 8.13. The van der Waals surface area contributed by atoms with Gasteiger partial charge in [-0.3, -0.25) is 0 Å². The lowest BCUT2D eigenvalue weighted by Gasteiger charge is -2.09. The van der Waals surface area contributed by atoms with E-state index in [9.17, 15) is 4.21 Å². The number of nitrogens with one attached hydrogen (secondary N) is 1. The Morgan fingerprint density at radius 1 is 1.13 bits per heavy atom. The molecular formula is C16H14N3O3S-. The van der Waals surface area contributed by atoms with E-state index < -0.39 is 10.6 Å². The van der Waals surface area contributed by atoms with Crippen LogP contribution in [0.5, 0.6) is 17.2 Å². The SMILES string of the molecule is COc1ccc2c(Oc3ccc(C[S-](=N)=O)cc3)cnnc2c1. The van der Waals surface area contributed by atoms with Crippen LogP contribution in [0.25, 0.3) is 10.9 Å². The topological polar surface area (TPSA) is 85.2 Å². The Balaban J connectivity index is 1.89. The molecule has 0 saturated heterocycles. The Morgan fingerprint density at radius 3 is 2.57 bits per heavy atom. The summed E-state index contributed by atoms with van der Waals surface area (Å²) in [5, 5.41) is 8.85. The fourth-order valence-electron chi connectivity index (χ4n) is 2.16. The molecule has 0 amide bonds. The highest BCUT2D eigenvalue weighted by Gasteiger charge is 2.07. The monoisotopic (exact) mass is 328 g/mol. The van der Waals surface area contributed by atoms with Gasteiger partial charge >= 0.3 is 0 Å². The number of hydrogen-bond donors (Lipinski definition) is 1. The van der Waals surface area contributed by atoms with Crippen molar-refractivity contribution in [2.24, 2.45) is 0 Å². The van der Waals surface area contributed by atoms with Crippen molar-refractivity contribution < 1.29 is 13.7 Å². The van der Waals surface area contributed by atoms with E-state index in [0.717, 1.165) is 10.9 Å². The number of aromatic nitrogens is 2. The molecule has 0 aliphatic carbocycles. The van der Waals surface area contributed by atoms with Gasteiger partial charge in [0.15, 0.2) is 5.75 Å². The molecule has 1 aromatic heterocycles. The highest BCUT2D eigenvalue weighted by Crippen LogP contribution is 2.30. The van der Waals surface area contributed by atoms with Crippen molar-refractivity contribution in [2.75, 3.05) is 7.11 Å². The molecule has 1 N–H and O–H groups in total. The van der Waals surface area contributed by atoms with Crippen LogP contribution in [0.3, 0.4) is 0 Å². The second kappa shape index (κ2) is 6.62. The fourth-order valence-corrected chi connectivity index (χ4v) is 2.65. The molecule has 7 heteroatoms. The Bertz CT molecular complexity index is 900. The lowest BCUT2D eigenvalue weighted by Crippen LogP contribution is -1.92. The molecule has 23 heavy (non-hydrogen) atoms. The molecule has 0 spiro atoms. The molecule has 0 aliphatic heterocycles. The minimum atomic E-state index is -1.60. The largest absolute Gasteiger partial charge is 0.497 e. The second-order valence-corrected chi connectivity index (χ2v) is 5.81. The van der Waals surface area contributed by atoms with Crippen molar-refractivity contribution in [3.05, 3.63) is 54.2 Å². The molecule has 0 unspecified atom stereocenters. The summed E-state index contributed by atoms with van der Waals surface area (Å²) in [4.78, 5) is 0. The van der Waals surface area contributed by atoms with Crippen LogP contribution in [0.15, 0.2) is 48.7 Å². The summed E-state index contributed by atoms with van der Waals surface area (Å²) in [6.07, 6.45) is 1.56. The molecule has 0 fully saturated rings. The van der Waals surface area contributed by atoms with Crippen LogP contribution in [0.4, 0.5) is 0 Å². The van der Waals surface area contributed by atoms with E-state index in [1.165, 1.54) is 0 Å². The molecule has 0 radical (unpaired) electrons. The van der Waals surface area contributed by atoms with Crippen LogP contribution in [0, 0.1) is 4.78 Å². The van der Waals surface area contributed by atoms with Crippen molar-refractivity contribution >= 4 is 21.5 Å². The van der Waals surface area contributed by atoms with E-state index >= 15 is 0 Å². The van der Waals surface area contributed by atoms with Gasteiger partial charge in [0.25, 0.3) is 0 Å². The van der Waals surface area contributed by atoms with E-state index in [2.05, 4.69) is 10.2 Å². The summed E-state index contributed by atoms with van der Waals surface area (Å²) in [7, 11) is -0.00627. The number of fused-ring (bicyclic) bond motifs is 1. The normalized spacial score (nSPS) is 10.9. The van der Waals surface area contributed by atoms with Gasteiger partial charge in [0.1, 0.15) is 17.0 Å². The van der Waals surface area contributed by atoms with Crippen LogP contribution in [-0.2, 0) is 20.6 Å². The molecule has 1 heterocycles. The van der Waals surface area contributed by atoms with Gasteiger partial charge in [-0.15, -0.1) is 0 Å². The summed E-state index contributed by atoms with van der Waals surface area (Å²) >= 11 is 0. The van der Waals surface area contributed by atoms with Crippen LogP contribution < -0.4 is 9.47 Å². The highest BCUT2D eigenvalue weighted by molar-refractivity contribution is 7.72. The minimum Gasteiger partial charge on any atom is -0.497 e. The predicted octanol–water partition coefficient (Wildman–Crippen LogP) is 3.66. The Morgan fingerprint density at radius 2 is 1.87 bits per heavy atom. The van der Waals surface area contributed by atoms with Crippen molar-refractivity contribution in [1.82, 2.24) is 10.2 Å². The molecule has 0 aliphatic rings. The lowest BCUT2D eigenvalue weighted by atomic mass is 10.2. The van der Waals surface area contributed by atoms with Gasteiger partial charge in [-0.2, -0.15) is 20.8 Å². The van der Waals surface area contributed by atoms with Gasteiger partial charge < -0.3 is 18.5 Å². The number of ether oxygens (including phenoxy) is 2. The smallest absolute Gasteiger partial charge is 0.156 e. The summed E-state index contributed by atoms with van der Waals surface area (Å²) < 4.78 is 29.0. The van der Waals surface area contributed by atoms with Gasteiger partial charge in [-0.25, -0.2) is 0 Å². The number of methoxy groups -OCH3 is 1. The molecule has 0 bridgehead atoms. The summed E-state index contributed by atoms with van der Waals surface area (Å²) in [6.45, 7) is 0. The van der Waals surface area contributed by atoms with Crippen LogP contribution in [0.1, 0.15) is 5.56 Å². The third-order valence-electron chi connectivity index (χ3n) is 3.26. The molecule has 3 rings (SSSR count). The van der Waals surface area contributed by atoms with Crippen molar-refractivity contribution in [1.29, 1.82) is 4.78 Å². The molecular weight excluding hydrogens is 314 g/mol. The van der Waals surface area contributed by atoms with Gasteiger partial charge in [-0.05, 0) is 24.3 Å². The molecule has 6 nitrogen and oxygen atoms in total. The van der Waals surface area contributed by atoms with Crippen LogP contribution in [-0.4, -0.2) is 17.3 Å². The van der Waals surface area contributed by atoms with Crippen molar-refractivity contribution in [2.45, 2.75) is 5.75 Å². The maximum atomic E-state index is 10.9. The molecule has 3 aromatic rings. The third kappa shape index (κ3) is 3.57. The van der Waals surface area contributed by atoms with E-state index in [4.69, 9.17) is 14.3 Å². The zero-order chi connectivity index (χ0) is 16.2.